The summed E-state index contributed by atoms with van der Waals surface area (Å²) < 4.78 is 26.9. The predicted molar refractivity (Wildman–Crippen MR) is 104 cm³/mol. The highest BCUT2D eigenvalue weighted by Gasteiger charge is 2.31. The van der Waals surface area contributed by atoms with Gasteiger partial charge in [0.15, 0.2) is 0 Å². The average Bonchev–Trinajstić information content (AvgIpc) is 2.68. The molecule has 1 aromatic heterocycles. The maximum absolute atomic E-state index is 12.7. The molecular weight excluding hydrogens is 386 g/mol. The number of hydrogen-bond acceptors (Lipinski definition) is 4. The lowest BCUT2D eigenvalue weighted by atomic mass is 9.97. The van der Waals surface area contributed by atoms with E-state index in [-0.39, 0.29) is 11.8 Å². The van der Waals surface area contributed by atoms with E-state index in [0.717, 1.165) is 11.1 Å². The second kappa shape index (κ2) is 8.37. The molecule has 8 heteroatoms. The van der Waals surface area contributed by atoms with Gasteiger partial charge in [-0.05, 0) is 43.5 Å². The largest absolute Gasteiger partial charge is 0.352 e. The summed E-state index contributed by atoms with van der Waals surface area (Å²) in [6, 6.07) is 10.3. The molecule has 0 spiro atoms. The number of nitrogens with zero attached hydrogens (tertiary/aromatic N) is 2. The number of amides is 1. The van der Waals surface area contributed by atoms with Crippen molar-refractivity contribution in [3.8, 4) is 0 Å². The highest BCUT2D eigenvalue weighted by atomic mass is 35.5. The van der Waals surface area contributed by atoms with Gasteiger partial charge in [0, 0.05) is 31.7 Å². The molecule has 0 unspecified atom stereocenters. The number of aryl methyl sites for hydroxylation is 1. The first-order valence-electron chi connectivity index (χ1n) is 8.81. The van der Waals surface area contributed by atoms with Crippen molar-refractivity contribution < 1.29 is 13.2 Å². The van der Waals surface area contributed by atoms with Crippen LogP contribution in [0, 0.1) is 12.8 Å². The van der Waals surface area contributed by atoms with Gasteiger partial charge in [0.2, 0.25) is 15.9 Å². The quantitative estimate of drug-likeness (QED) is 0.773. The second-order valence-corrected chi connectivity index (χ2v) is 9.02. The Kier molecular flexibility index (Phi) is 6.14. The number of pyridine rings is 1. The van der Waals surface area contributed by atoms with Crippen LogP contribution < -0.4 is 5.32 Å². The number of carbonyl (C=O) groups excluding carboxylic acids is 1. The zero-order valence-electron chi connectivity index (χ0n) is 15.1. The van der Waals surface area contributed by atoms with E-state index in [0.29, 0.717) is 42.5 Å². The lowest BCUT2D eigenvalue weighted by molar-refractivity contribution is -0.126. The molecule has 27 heavy (non-hydrogen) atoms. The molecule has 0 saturated carbocycles. The van der Waals surface area contributed by atoms with Crippen molar-refractivity contribution in [3.63, 3.8) is 0 Å². The van der Waals surface area contributed by atoms with E-state index in [9.17, 15) is 13.2 Å². The van der Waals surface area contributed by atoms with Crippen LogP contribution in [-0.2, 0) is 21.4 Å². The van der Waals surface area contributed by atoms with E-state index in [1.165, 1.54) is 4.31 Å². The van der Waals surface area contributed by atoms with Crippen molar-refractivity contribution in [1.29, 1.82) is 0 Å². The molecule has 144 valence electrons. The predicted octanol–water partition coefficient (Wildman–Crippen LogP) is 2.76. The normalized spacial score (nSPS) is 16.2. The van der Waals surface area contributed by atoms with E-state index >= 15 is 0 Å². The third-order valence-electron chi connectivity index (χ3n) is 4.74. The van der Waals surface area contributed by atoms with Crippen molar-refractivity contribution in [1.82, 2.24) is 14.6 Å². The fraction of sp³-hybridized carbons (Fsp3) is 0.368. The first-order valence-corrected chi connectivity index (χ1v) is 10.6. The van der Waals surface area contributed by atoms with E-state index in [4.69, 9.17) is 11.6 Å². The molecular formula is C19H22ClN3O3S. The molecule has 1 amide bonds. The molecule has 1 fully saturated rings. The molecule has 0 radical (unpaired) electrons. The Labute approximate surface area is 164 Å². The van der Waals surface area contributed by atoms with Crippen LogP contribution in [0.4, 0.5) is 0 Å². The molecule has 6 nitrogen and oxygen atoms in total. The summed E-state index contributed by atoms with van der Waals surface area (Å²) in [4.78, 5) is 16.7. The summed E-state index contributed by atoms with van der Waals surface area (Å²) in [6.07, 6.45) is 2.64. The van der Waals surface area contributed by atoms with E-state index in [1.807, 2.05) is 13.0 Å². The second-order valence-electron chi connectivity index (χ2n) is 6.70. The van der Waals surface area contributed by atoms with E-state index in [2.05, 4.69) is 10.3 Å². The number of rotatable bonds is 5. The standard InChI is InChI=1S/C19H22ClN3O3S/c1-14-2-5-17(6-3-14)27(25,26)23-10-8-16(9-11-23)19(24)22-13-15-4-7-18(20)21-12-15/h2-7,12,16H,8-11,13H2,1H3,(H,22,24). The summed E-state index contributed by atoms with van der Waals surface area (Å²) >= 11 is 5.75. The number of hydrogen-bond donors (Lipinski definition) is 1. The molecule has 1 aliphatic heterocycles. The molecule has 2 heterocycles. The topological polar surface area (TPSA) is 79.4 Å². The van der Waals surface area contributed by atoms with Crippen LogP contribution in [0.15, 0.2) is 47.5 Å². The van der Waals surface area contributed by atoms with Gasteiger partial charge in [-0.2, -0.15) is 4.31 Å². The van der Waals surface area contributed by atoms with Crippen LogP contribution in [0.25, 0.3) is 0 Å². The van der Waals surface area contributed by atoms with Crippen LogP contribution in [-0.4, -0.2) is 36.7 Å². The first-order chi connectivity index (χ1) is 12.9. The Morgan fingerprint density at radius 1 is 1.19 bits per heavy atom. The lowest BCUT2D eigenvalue weighted by Crippen LogP contribution is -2.42. The fourth-order valence-corrected chi connectivity index (χ4v) is 4.64. The van der Waals surface area contributed by atoms with Gasteiger partial charge in [-0.3, -0.25) is 4.79 Å². The molecule has 1 aliphatic rings. The lowest BCUT2D eigenvalue weighted by Gasteiger charge is -2.30. The number of sulfonamides is 1. The number of benzene rings is 1. The zero-order valence-corrected chi connectivity index (χ0v) is 16.6. The van der Waals surface area contributed by atoms with Crippen LogP contribution in [0.1, 0.15) is 24.0 Å². The molecule has 1 saturated heterocycles. The summed E-state index contributed by atoms with van der Waals surface area (Å²) in [5.41, 5.74) is 1.88. The summed E-state index contributed by atoms with van der Waals surface area (Å²) in [5.74, 6) is -0.243. The summed E-state index contributed by atoms with van der Waals surface area (Å²) in [7, 11) is -3.51. The van der Waals surface area contributed by atoms with Crippen LogP contribution in [0.3, 0.4) is 0 Å². The third-order valence-corrected chi connectivity index (χ3v) is 6.88. The SMILES string of the molecule is Cc1ccc(S(=O)(=O)N2CCC(C(=O)NCc3ccc(Cl)nc3)CC2)cc1. The highest BCUT2D eigenvalue weighted by molar-refractivity contribution is 7.89. The van der Waals surface area contributed by atoms with Gasteiger partial charge in [-0.25, -0.2) is 13.4 Å². The van der Waals surface area contributed by atoms with E-state index in [1.54, 1.807) is 36.5 Å². The Morgan fingerprint density at radius 3 is 2.44 bits per heavy atom. The van der Waals surface area contributed by atoms with Crippen molar-refractivity contribution in [2.75, 3.05) is 13.1 Å². The number of nitrogens with one attached hydrogen (secondary N) is 1. The molecule has 0 bridgehead atoms. The average molecular weight is 408 g/mol. The van der Waals surface area contributed by atoms with Crippen molar-refractivity contribution in [2.45, 2.75) is 31.2 Å². The summed E-state index contributed by atoms with van der Waals surface area (Å²) in [5, 5.41) is 3.30. The van der Waals surface area contributed by atoms with Gasteiger partial charge in [-0.1, -0.05) is 35.4 Å². The molecule has 3 rings (SSSR count). The molecule has 1 aromatic carbocycles. The maximum atomic E-state index is 12.7. The van der Waals surface area contributed by atoms with Crippen molar-refractivity contribution in [3.05, 3.63) is 58.9 Å². The van der Waals surface area contributed by atoms with E-state index < -0.39 is 10.0 Å². The minimum absolute atomic E-state index is 0.0580. The number of aromatic nitrogens is 1. The first kappa shape index (κ1) is 19.8. The van der Waals surface area contributed by atoms with Gasteiger partial charge in [0.1, 0.15) is 5.15 Å². The summed E-state index contributed by atoms with van der Waals surface area (Å²) in [6.45, 7) is 2.99. The molecule has 0 atom stereocenters. The fourth-order valence-electron chi connectivity index (χ4n) is 3.06. The van der Waals surface area contributed by atoms with Gasteiger partial charge in [0.25, 0.3) is 0 Å². The van der Waals surface area contributed by atoms with Crippen LogP contribution in [0.2, 0.25) is 5.15 Å². The Morgan fingerprint density at radius 2 is 1.85 bits per heavy atom. The van der Waals surface area contributed by atoms with Gasteiger partial charge >= 0.3 is 0 Å². The number of carbonyl (C=O) groups is 1. The van der Waals surface area contributed by atoms with Crippen molar-refractivity contribution >= 4 is 27.5 Å². The van der Waals surface area contributed by atoms with Gasteiger partial charge in [-0.15, -0.1) is 0 Å². The Bertz CT molecular complexity index is 891. The van der Waals surface area contributed by atoms with Gasteiger partial charge in [0.05, 0.1) is 4.90 Å². The zero-order chi connectivity index (χ0) is 19.4. The highest BCUT2D eigenvalue weighted by Crippen LogP contribution is 2.24. The Hall–Kier alpha value is -1.96. The van der Waals surface area contributed by atoms with Crippen LogP contribution in [0.5, 0.6) is 0 Å². The van der Waals surface area contributed by atoms with Gasteiger partial charge < -0.3 is 5.32 Å². The Balaban J connectivity index is 1.54. The number of piperidine rings is 1. The minimum atomic E-state index is -3.51. The van der Waals surface area contributed by atoms with Crippen LogP contribution >= 0.6 is 11.6 Å². The minimum Gasteiger partial charge on any atom is -0.352 e. The molecule has 0 aliphatic carbocycles. The third kappa shape index (κ3) is 4.86. The maximum Gasteiger partial charge on any atom is 0.243 e. The van der Waals surface area contributed by atoms with Crippen molar-refractivity contribution in [2.24, 2.45) is 5.92 Å². The molecule has 2 aromatic rings. The monoisotopic (exact) mass is 407 g/mol. The molecule has 1 N–H and O–H groups in total. The smallest absolute Gasteiger partial charge is 0.243 e. The number of halogens is 1.